The van der Waals surface area contributed by atoms with Crippen LogP contribution in [0.15, 0.2) is 36.4 Å². The molecule has 1 aliphatic carbocycles. The van der Waals surface area contributed by atoms with Gasteiger partial charge >= 0.3 is 11.9 Å². The highest BCUT2D eigenvalue weighted by atomic mass is 35.5. The molecule has 0 aromatic heterocycles. The Morgan fingerprint density at radius 3 is 2.54 bits per heavy atom. The van der Waals surface area contributed by atoms with Crippen LogP contribution >= 0.6 is 11.6 Å². The summed E-state index contributed by atoms with van der Waals surface area (Å²) in [7, 11) is 0. The summed E-state index contributed by atoms with van der Waals surface area (Å²) in [6.45, 7) is 4.82. The van der Waals surface area contributed by atoms with Gasteiger partial charge in [-0.2, -0.15) is 0 Å². The summed E-state index contributed by atoms with van der Waals surface area (Å²) in [5.41, 5.74) is 0.967. The normalized spacial score (nSPS) is 22.2. The molecule has 1 fully saturated rings. The number of carbonyl (C=O) groups excluding carboxylic acids is 4. The molecule has 1 aliphatic heterocycles. The van der Waals surface area contributed by atoms with Crippen LogP contribution in [-0.4, -0.2) is 54.5 Å². The zero-order chi connectivity index (χ0) is 25.4. The number of rotatable bonds is 10. The summed E-state index contributed by atoms with van der Waals surface area (Å²) >= 11 is 5.98. The minimum atomic E-state index is -0.986. The van der Waals surface area contributed by atoms with Gasteiger partial charge in [-0.05, 0) is 56.7 Å². The molecule has 0 radical (unpaired) electrons. The number of allylic oxidation sites excluding steroid dienone is 2. The minimum absolute atomic E-state index is 0.0258. The third-order valence-corrected chi connectivity index (χ3v) is 6.70. The smallest absolute Gasteiger partial charge is 0.328 e. The number of ether oxygens (including phenoxy) is 2. The Morgan fingerprint density at radius 1 is 1.14 bits per heavy atom. The molecule has 1 aromatic rings. The van der Waals surface area contributed by atoms with Crippen LogP contribution in [0.25, 0.3) is 0 Å². The van der Waals surface area contributed by atoms with E-state index in [0.717, 1.165) is 12.0 Å². The average Bonchev–Trinajstić information content (AvgIpc) is 2.84. The SMILES string of the molecule is CCOC(=O)CC[C@H](NC(=O)[C@@H]1CC=C[C@@H]2CCN(Cc3ccc(Cl)cc3)C(=O)[C@@H]21)C(=O)OCC. The average molecular weight is 505 g/mol. The highest BCUT2D eigenvalue weighted by Gasteiger charge is 2.45. The minimum Gasteiger partial charge on any atom is -0.466 e. The number of piperidine rings is 1. The van der Waals surface area contributed by atoms with Crippen molar-refractivity contribution >= 4 is 35.4 Å². The van der Waals surface area contributed by atoms with E-state index in [1.54, 1.807) is 30.9 Å². The van der Waals surface area contributed by atoms with E-state index >= 15 is 0 Å². The third-order valence-electron chi connectivity index (χ3n) is 6.45. The highest BCUT2D eigenvalue weighted by molar-refractivity contribution is 6.30. The monoisotopic (exact) mass is 504 g/mol. The van der Waals surface area contributed by atoms with Crippen molar-refractivity contribution in [2.75, 3.05) is 19.8 Å². The standard InChI is InChI=1S/C26H33ClN2O6/c1-3-34-22(30)13-12-21(26(33)35-4-2)28-24(31)20-7-5-6-18-14-15-29(25(32)23(18)20)16-17-8-10-19(27)11-9-17/h5-6,8-11,18,20-21,23H,3-4,7,12-16H2,1-2H3,(H,28,31)/t18-,20-,21+,23+/m1/s1. The second-order valence-corrected chi connectivity index (χ2v) is 9.23. The summed E-state index contributed by atoms with van der Waals surface area (Å²) < 4.78 is 10.0. The number of hydrogen-bond donors (Lipinski definition) is 1. The molecule has 2 aliphatic rings. The summed E-state index contributed by atoms with van der Waals surface area (Å²) in [5, 5.41) is 3.38. The number of fused-ring (bicyclic) bond motifs is 1. The Hall–Kier alpha value is -2.87. The predicted octanol–water partition coefficient (Wildman–Crippen LogP) is 3.27. The van der Waals surface area contributed by atoms with Crippen molar-refractivity contribution in [1.82, 2.24) is 10.2 Å². The van der Waals surface area contributed by atoms with Crippen molar-refractivity contribution in [3.05, 3.63) is 47.0 Å². The van der Waals surface area contributed by atoms with E-state index in [1.165, 1.54) is 0 Å². The van der Waals surface area contributed by atoms with Crippen molar-refractivity contribution in [2.24, 2.45) is 17.8 Å². The summed E-state index contributed by atoms with van der Waals surface area (Å²) in [6.07, 6.45) is 5.16. The maximum Gasteiger partial charge on any atom is 0.328 e. The van der Waals surface area contributed by atoms with Gasteiger partial charge in [-0.1, -0.05) is 35.9 Å². The van der Waals surface area contributed by atoms with Gasteiger partial charge in [-0.15, -0.1) is 0 Å². The number of nitrogens with one attached hydrogen (secondary N) is 1. The van der Waals surface area contributed by atoms with Crippen LogP contribution in [0.2, 0.25) is 5.02 Å². The van der Waals surface area contributed by atoms with E-state index in [4.69, 9.17) is 21.1 Å². The lowest BCUT2D eigenvalue weighted by molar-refractivity contribution is -0.151. The van der Waals surface area contributed by atoms with Gasteiger partial charge in [0.25, 0.3) is 0 Å². The zero-order valence-corrected chi connectivity index (χ0v) is 21.0. The fourth-order valence-electron chi connectivity index (χ4n) is 4.72. The van der Waals surface area contributed by atoms with Gasteiger partial charge in [-0.3, -0.25) is 14.4 Å². The third kappa shape index (κ3) is 7.07. The lowest BCUT2D eigenvalue weighted by Crippen LogP contribution is -2.53. The van der Waals surface area contributed by atoms with E-state index < -0.39 is 29.8 Å². The van der Waals surface area contributed by atoms with Gasteiger partial charge in [0.2, 0.25) is 11.8 Å². The number of esters is 2. The Bertz CT molecular complexity index is 948. The Balaban J connectivity index is 1.71. The first-order valence-corrected chi connectivity index (χ1v) is 12.5. The Morgan fingerprint density at radius 2 is 1.86 bits per heavy atom. The Kier molecular flexibility index (Phi) is 9.72. The fourth-order valence-corrected chi connectivity index (χ4v) is 4.85. The van der Waals surface area contributed by atoms with E-state index in [9.17, 15) is 19.2 Å². The molecule has 3 rings (SSSR count). The second kappa shape index (κ2) is 12.7. The molecule has 0 spiro atoms. The molecule has 1 saturated heterocycles. The second-order valence-electron chi connectivity index (χ2n) is 8.79. The molecule has 9 heteroatoms. The molecule has 0 bridgehead atoms. The number of nitrogens with zero attached hydrogens (tertiary/aromatic N) is 1. The van der Waals surface area contributed by atoms with E-state index in [2.05, 4.69) is 5.32 Å². The first kappa shape index (κ1) is 26.7. The van der Waals surface area contributed by atoms with Crippen molar-refractivity contribution in [3.8, 4) is 0 Å². The number of halogens is 1. The maximum atomic E-state index is 13.5. The fraction of sp³-hybridized carbons (Fsp3) is 0.538. The van der Waals surface area contributed by atoms with Crippen molar-refractivity contribution in [2.45, 2.75) is 52.1 Å². The highest BCUT2D eigenvalue weighted by Crippen LogP contribution is 2.38. The molecule has 1 aromatic carbocycles. The molecule has 1 N–H and O–H groups in total. The summed E-state index contributed by atoms with van der Waals surface area (Å²) in [4.78, 5) is 52.9. The molecule has 35 heavy (non-hydrogen) atoms. The van der Waals surface area contributed by atoms with Crippen LogP contribution in [0, 0.1) is 17.8 Å². The topological polar surface area (TPSA) is 102 Å². The predicted molar refractivity (Wildman–Crippen MR) is 130 cm³/mol. The molecular formula is C26H33ClN2O6. The van der Waals surface area contributed by atoms with Crippen LogP contribution in [0.5, 0.6) is 0 Å². The van der Waals surface area contributed by atoms with Gasteiger partial charge < -0.3 is 19.7 Å². The maximum absolute atomic E-state index is 13.5. The van der Waals surface area contributed by atoms with Crippen LogP contribution in [0.4, 0.5) is 0 Å². The lowest BCUT2D eigenvalue weighted by atomic mass is 9.71. The number of likely N-dealkylation sites (tertiary alicyclic amines) is 1. The summed E-state index contributed by atoms with van der Waals surface area (Å²) in [5.74, 6) is -2.65. The number of benzene rings is 1. The van der Waals surface area contributed by atoms with Crippen molar-refractivity contribution in [1.29, 1.82) is 0 Å². The van der Waals surface area contributed by atoms with Crippen LogP contribution in [0.1, 0.15) is 45.1 Å². The number of carbonyl (C=O) groups is 4. The molecule has 1 heterocycles. The van der Waals surface area contributed by atoms with Gasteiger partial charge in [0, 0.05) is 24.5 Å². The largest absolute Gasteiger partial charge is 0.466 e. The molecule has 2 amide bonds. The Labute approximate surface area is 211 Å². The first-order valence-electron chi connectivity index (χ1n) is 12.2. The van der Waals surface area contributed by atoms with Crippen LogP contribution in [-0.2, 0) is 35.2 Å². The van der Waals surface area contributed by atoms with Gasteiger partial charge in [0.1, 0.15) is 6.04 Å². The molecular weight excluding hydrogens is 472 g/mol. The molecule has 8 nitrogen and oxygen atoms in total. The number of amides is 2. The van der Waals surface area contributed by atoms with E-state index in [1.807, 2.05) is 24.3 Å². The number of hydrogen-bond acceptors (Lipinski definition) is 6. The van der Waals surface area contributed by atoms with Gasteiger partial charge in [0.15, 0.2) is 0 Å². The molecule has 0 unspecified atom stereocenters. The molecule has 4 atom stereocenters. The van der Waals surface area contributed by atoms with Crippen molar-refractivity contribution < 1.29 is 28.7 Å². The van der Waals surface area contributed by atoms with Gasteiger partial charge in [-0.25, -0.2) is 4.79 Å². The summed E-state index contributed by atoms with van der Waals surface area (Å²) in [6, 6.07) is 6.37. The molecule has 0 saturated carbocycles. The van der Waals surface area contributed by atoms with Crippen LogP contribution in [0.3, 0.4) is 0 Å². The van der Waals surface area contributed by atoms with E-state index in [-0.39, 0.29) is 43.8 Å². The van der Waals surface area contributed by atoms with Crippen molar-refractivity contribution in [3.63, 3.8) is 0 Å². The van der Waals surface area contributed by atoms with Crippen LogP contribution < -0.4 is 5.32 Å². The zero-order valence-electron chi connectivity index (χ0n) is 20.2. The first-order chi connectivity index (χ1) is 16.8. The molecule has 190 valence electrons. The van der Waals surface area contributed by atoms with E-state index in [0.29, 0.717) is 24.5 Å². The quantitative estimate of drug-likeness (QED) is 0.387. The van der Waals surface area contributed by atoms with Gasteiger partial charge in [0.05, 0.1) is 25.0 Å². The lowest BCUT2D eigenvalue weighted by Gasteiger charge is -2.42.